The van der Waals surface area contributed by atoms with Gasteiger partial charge in [0.2, 0.25) is 5.91 Å². The smallest absolute Gasteiger partial charge is 0.226 e. The molecule has 0 aromatic heterocycles. The number of likely N-dealkylation sites (N-methyl/N-ethyl adjacent to an activating group) is 1. The molecule has 0 bridgehead atoms. The number of nitrogens with one attached hydrogen (secondary N) is 1. The number of piperazine rings is 1. The molecule has 1 aliphatic rings. The highest BCUT2D eigenvalue weighted by molar-refractivity contribution is 5.77. The lowest BCUT2D eigenvalue weighted by Gasteiger charge is -2.29. The monoisotopic (exact) mass is 211 g/mol. The van der Waals surface area contributed by atoms with Crippen LogP contribution in [-0.4, -0.2) is 62.0 Å². The van der Waals surface area contributed by atoms with E-state index in [1.54, 1.807) is 11.0 Å². The van der Waals surface area contributed by atoms with Gasteiger partial charge in [0.25, 0.3) is 0 Å². The van der Waals surface area contributed by atoms with Crippen LogP contribution < -0.4 is 5.32 Å². The second-order valence-electron chi connectivity index (χ2n) is 3.90. The Morgan fingerprint density at radius 3 is 2.80 bits per heavy atom. The summed E-state index contributed by atoms with van der Waals surface area (Å²) in [6.07, 6.45) is 2.10. The molecule has 4 heteroatoms. The fraction of sp³-hybridized carbons (Fsp3) is 0.727. The summed E-state index contributed by atoms with van der Waals surface area (Å²) >= 11 is 0. The van der Waals surface area contributed by atoms with E-state index in [4.69, 9.17) is 0 Å². The summed E-state index contributed by atoms with van der Waals surface area (Å²) in [4.78, 5) is 15.6. The fourth-order valence-electron chi connectivity index (χ4n) is 1.63. The van der Waals surface area contributed by atoms with E-state index in [2.05, 4.69) is 16.8 Å². The molecule has 0 unspecified atom stereocenters. The van der Waals surface area contributed by atoms with Gasteiger partial charge in [-0.05, 0) is 0 Å². The first-order valence-corrected chi connectivity index (χ1v) is 5.52. The van der Waals surface area contributed by atoms with Gasteiger partial charge < -0.3 is 10.2 Å². The predicted molar refractivity (Wildman–Crippen MR) is 61.8 cm³/mol. The van der Waals surface area contributed by atoms with E-state index in [1.165, 1.54) is 0 Å². The molecule has 0 aromatic rings. The summed E-state index contributed by atoms with van der Waals surface area (Å²) in [6.45, 7) is 9.65. The number of carbonyl (C=O) groups is 1. The molecule has 1 amide bonds. The van der Waals surface area contributed by atoms with E-state index in [1.807, 2.05) is 7.05 Å². The van der Waals surface area contributed by atoms with Crippen LogP contribution in [0.1, 0.15) is 6.42 Å². The Morgan fingerprint density at radius 1 is 1.53 bits per heavy atom. The predicted octanol–water partition coefficient (Wildman–Crippen LogP) is -0.0739. The lowest BCUT2D eigenvalue weighted by atomic mass is 10.3. The first kappa shape index (κ1) is 12.2. The maximum atomic E-state index is 11.4. The van der Waals surface area contributed by atoms with Crippen LogP contribution in [0.5, 0.6) is 0 Å². The molecule has 1 aliphatic heterocycles. The SMILES string of the molecule is C=CCC(=O)N(C)CCN1CCNCC1. The van der Waals surface area contributed by atoms with Gasteiger partial charge in [0.05, 0.1) is 0 Å². The summed E-state index contributed by atoms with van der Waals surface area (Å²) in [7, 11) is 1.86. The van der Waals surface area contributed by atoms with Gasteiger partial charge in [0, 0.05) is 52.7 Å². The third-order valence-corrected chi connectivity index (χ3v) is 2.71. The summed E-state index contributed by atoms with van der Waals surface area (Å²) < 4.78 is 0. The van der Waals surface area contributed by atoms with Crippen LogP contribution in [-0.2, 0) is 4.79 Å². The van der Waals surface area contributed by atoms with Crippen molar-refractivity contribution in [3.63, 3.8) is 0 Å². The van der Waals surface area contributed by atoms with Crippen LogP contribution in [0, 0.1) is 0 Å². The molecule has 4 nitrogen and oxygen atoms in total. The van der Waals surface area contributed by atoms with E-state index in [0.29, 0.717) is 6.42 Å². The minimum Gasteiger partial charge on any atom is -0.344 e. The summed E-state index contributed by atoms with van der Waals surface area (Å²) in [5.74, 6) is 0.153. The second-order valence-corrected chi connectivity index (χ2v) is 3.90. The van der Waals surface area contributed by atoms with Crippen molar-refractivity contribution in [2.45, 2.75) is 6.42 Å². The number of amides is 1. The highest BCUT2D eigenvalue weighted by Gasteiger charge is 2.11. The van der Waals surface area contributed by atoms with Gasteiger partial charge in [-0.1, -0.05) is 6.08 Å². The van der Waals surface area contributed by atoms with Crippen molar-refractivity contribution in [2.24, 2.45) is 0 Å². The molecule has 1 N–H and O–H groups in total. The maximum Gasteiger partial charge on any atom is 0.226 e. The molecule has 0 spiro atoms. The topological polar surface area (TPSA) is 35.6 Å². The summed E-state index contributed by atoms with van der Waals surface area (Å²) in [5, 5.41) is 3.31. The zero-order valence-electron chi connectivity index (χ0n) is 9.54. The number of nitrogens with zero attached hydrogens (tertiary/aromatic N) is 2. The van der Waals surface area contributed by atoms with Crippen LogP contribution in [0.4, 0.5) is 0 Å². The first-order valence-electron chi connectivity index (χ1n) is 5.52. The lowest BCUT2D eigenvalue weighted by Crippen LogP contribution is -2.46. The van der Waals surface area contributed by atoms with Crippen LogP contribution >= 0.6 is 0 Å². The lowest BCUT2D eigenvalue weighted by molar-refractivity contribution is -0.129. The van der Waals surface area contributed by atoms with Crippen LogP contribution in [0.15, 0.2) is 12.7 Å². The number of rotatable bonds is 5. The molecular formula is C11H21N3O. The Morgan fingerprint density at radius 2 is 2.20 bits per heavy atom. The summed E-state index contributed by atoms with van der Waals surface area (Å²) in [5.41, 5.74) is 0. The number of hydrogen-bond acceptors (Lipinski definition) is 3. The maximum absolute atomic E-state index is 11.4. The van der Waals surface area contributed by atoms with E-state index in [9.17, 15) is 4.79 Å². The fourth-order valence-corrected chi connectivity index (χ4v) is 1.63. The van der Waals surface area contributed by atoms with Gasteiger partial charge in [-0.2, -0.15) is 0 Å². The first-order chi connectivity index (χ1) is 7.24. The molecule has 15 heavy (non-hydrogen) atoms. The average Bonchev–Trinajstić information content (AvgIpc) is 2.27. The van der Waals surface area contributed by atoms with E-state index >= 15 is 0 Å². The van der Waals surface area contributed by atoms with Gasteiger partial charge in [-0.15, -0.1) is 6.58 Å². The van der Waals surface area contributed by atoms with Crippen LogP contribution in [0.25, 0.3) is 0 Å². The minimum atomic E-state index is 0.153. The Balaban J connectivity index is 2.17. The zero-order chi connectivity index (χ0) is 11.1. The van der Waals surface area contributed by atoms with Crippen molar-refractivity contribution < 1.29 is 4.79 Å². The van der Waals surface area contributed by atoms with Crippen LogP contribution in [0.2, 0.25) is 0 Å². The number of carbonyl (C=O) groups excluding carboxylic acids is 1. The van der Waals surface area contributed by atoms with Gasteiger partial charge >= 0.3 is 0 Å². The zero-order valence-corrected chi connectivity index (χ0v) is 9.54. The van der Waals surface area contributed by atoms with Crippen molar-refractivity contribution in [1.29, 1.82) is 0 Å². The molecule has 0 saturated carbocycles. The highest BCUT2D eigenvalue weighted by Crippen LogP contribution is 1.95. The molecule has 0 atom stereocenters. The molecule has 1 rings (SSSR count). The van der Waals surface area contributed by atoms with Crippen molar-refractivity contribution in [2.75, 3.05) is 46.3 Å². The van der Waals surface area contributed by atoms with Gasteiger partial charge in [0.1, 0.15) is 0 Å². The third-order valence-electron chi connectivity index (χ3n) is 2.71. The molecule has 1 saturated heterocycles. The Bertz CT molecular complexity index is 212. The van der Waals surface area contributed by atoms with Gasteiger partial charge in [-0.25, -0.2) is 0 Å². The molecule has 86 valence electrons. The highest BCUT2D eigenvalue weighted by atomic mass is 16.2. The van der Waals surface area contributed by atoms with E-state index in [0.717, 1.165) is 39.3 Å². The molecule has 0 aliphatic carbocycles. The largest absolute Gasteiger partial charge is 0.344 e. The van der Waals surface area contributed by atoms with Crippen molar-refractivity contribution >= 4 is 5.91 Å². The van der Waals surface area contributed by atoms with Gasteiger partial charge in [-0.3, -0.25) is 9.69 Å². The van der Waals surface area contributed by atoms with E-state index < -0.39 is 0 Å². The van der Waals surface area contributed by atoms with Crippen LogP contribution in [0.3, 0.4) is 0 Å². The Hall–Kier alpha value is -0.870. The van der Waals surface area contributed by atoms with Crippen molar-refractivity contribution in [3.8, 4) is 0 Å². The molecule has 1 fully saturated rings. The van der Waals surface area contributed by atoms with Crippen molar-refractivity contribution in [1.82, 2.24) is 15.1 Å². The normalized spacial score (nSPS) is 17.4. The quantitative estimate of drug-likeness (QED) is 0.646. The second kappa shape index (κ2) is 6.58. The molecule has 0 radical (unpaired) electrons. The van der Waals surface area contributed by atoms with E-state index in [-0.39, 0.29) is 5.91 Å². The molecular weight excluding hydrogens is 190 g/mol. The minimum absolute atomic E-state index is 0.153. The third kappa shape index (κ3) is 4.44. The number of hydrogen-bond donors (Lipinski definition) is 1. The Kier molecular flexibility index (Phi) is 5.36. The van der Waals surface area contributed by atoms with Gasteiger partial charge in [0.15, 0.2) is 0 Å². The molecule has 0 aromatic carbocycles. The standard InChI is InChI=1S/C11H21N3O/c1-3-4-11(15)13(2)9-10-14-7-5-12-6-8-14/h3,12H,1,4-10H2,2H3. The Labute approximate surface area is 91.9 Å². The van der Waals surface area contributed by atoms with Crippen molar-refractivity contribution in [3.05, 3.63) is 12.7 Å². The summed E-state index contributed by atoms with van der Waals surface area (Å²) in [6, 6.07) is 0. The average molecular weight is 211 g/mol. The molecule has 1 heterocycles.